The Balaban J connectivity index is 1.90. The minimum atomic E-state index is -0.401. The van der Waals surface area contributed by atoms with Crippen LogP contribution in [0.5, 0.6) is 0 Å². The Morgan fingerprint density at radius 1 is 1.43 bits per heavy atom. The number of hydrogen-bond donors (Lipinski definition) is 2. The summed E-state index contributed by atoms with van der Waals surface area (Å²) >= 11 is 0. The van der Waals surface area contributed by atoms with Crippen LogP contribution < -0.4 is 11.1 Å². The van der Waals surface area contributed by atoms with E-state index in [9.17, 15) is 9.18 Å². The second-order valence-corrected chi connectivity index (χ2v) is 6.50. The molecule has 1 saturated carbocycles. The average Bonchev–Trinajstić information content (AvgIpc) is 2.44. The van der Waals surface area contributed by atoms with Crippen LogP contribution in [0, 0.1) is 11.7 Å². The maximum atomic E-state index is 12.9. The molecule has 1 amide bonds. The van der Waals surface area contributed by atoms with Crippen LogP contribution in [-0.2, 0) is 4.79 Å². The number of benzene rings is 1. The first kappa shape index (κ1) is 16.0. The Morgan fingerprint density at radius 3 is 2.71 bits per heavy atom. The second kappa shape index (κ2) is 6.56. The van der Waals surface area contributed by atoms with Crippen LogP contribution in [0.3, 0.4) is 0 Å². The number of nitrogens with two attached hydrogens (primary N) is 1. The first-order chi connectivity index (χ1) is 9.90. The number of rotatable bonds is 4. The van der Waals surface area contributed by atoms with Crippen molar-refractivity contribution in [3.05, 3.63) is 35.6 Å². The maximum absolute atomic E-state index is 12.9. The summed E-state index contributed by atoms with van der Waals surface area (Å²) in [5, 5.41) is 3.01. The molecule has 3 atom stereocenters. The third kappa shape index (κ3) is 4.03. The molecule has 3 nitrogen and oxygen atoms in total. The Kier molecular flexibility index (Phi) is 4.99. The van der Waals surface area contributed by atoms with Crippen molar-refractivity contribution in [2.75, 3.05) is 6.54 Å². The topological polar surface area (TPSA) is 55.1 Å². The summed E-state index contributed by atoms with van der Waals surface area (Å²) in [6.07, 6.45) is 3.93. The normalized spacial score (nSPS) is 27.1. The molecule has 1 aliphatic carbocycles. The van der Waals surface area contributed by atoms with Crippen LogP contribution in [0.4, 0.5) is 4.39 Å². The quantitative estimate of drug-likeness (QED) is 0.896. The molecular weight excluding hydrogens is 267 g/mol. The zero-order chi connectivity index (χ0) is 15.5. The highest BCUT2D eigenvalue weighted by atomic mass is 19.1. The van der Waals surface area contributed by atoms with Crippen LogP contribution in [0.25, 0.3) is 0 Å². The minimum Gasteiger partial charge on any atom is -0.355 e. The number of carbonyl (C=O) groups is 1. The number of amides is 1. The first-order valence-electron chi connectivity index (χ1n) is 7.72. The fourth-order valence-corrected chi connectivity index (χ4v) is 3.07. The summed E-state index contributed by atoms with van der Waals surface area (Å²) in [5.74, 6) is -0.140. The van der Waals surface area contributed by atoms with Gasteiger partial charge in [-0.2, -0.15) is 0 Å². The molecule has 0 aromatic heterocycles. The van der Waals surface area contributed by atoms with Crippen molar-refractivity contribution in [2.45, 2.75) is 51.0 Å². The van der Waals surface area contributed by atoms with Crippen molar-refractivity contribution in [1.82, 2.24) is 5.32 Å². The molecule has 1 aromatic rings. The molecule has 0 bridgehead atoms. The molecule has 21 heavy (non-hydrogen) atoms. The fourth-order valence-electron chi connectivity index (χ4n) is 3.07. The van der Waals surface area contributed by atoms with Gasteiger partial charge in [0.25, 0.3) is 0 Å². The minimum absolute atomic E-state index is 0.0497. The lowest BCUT2D eigenvalue weighted by Gasteiger charge is -2.37. The van der Waals surface area contributed by atoms with E-state index in [4.69, 9.17) is 5.73 Å². The summed E-state index contributed by atoms with van der Waals surface area (Å²) in [5.41, 5.74) is 6.88. The maximum Gasteiger partial charge on any atom is 0.224 e. The summed E-state index contributed by atoms with van der Waals surface area (Å²) < 4.78 is 12.9. The first-order valence-corrected chi connectivity index (χ1v) is 7.72. The lowest BCUT2D eigenvalue weighted by molar-refractivity contribution is -0.128. The van der Waals surface area contributed by atoms with Gasteiger partial charge in [0.1, 0.15) is 5.82 Å². The molecule has 1 fully saturated rings. The highest BCUT2D eigenvalue weighted by Crippen LogP contribution is 2.31. The third-order valence-electron chi connectivity index (χ3n) is 4.59. The van der Waals surface area contributed by atoms with Crippen molar-refractivity contribution in [3.8, 4) is 0 Å². The average molecular weight is 292 g/mol. The predicted molar refractivity (Wildman–Crippen MR) is 82.4 cm³/mol. The van der Waals surface area contributed by atoms with Gasteiger partial charge >= 0.3 is 0 Å². The van der Waals surface area contributed by atoms with Gasteiger partial charge in [-0.05, 0) is 43.4 Å². The standard InChI is InChI=1S/C17H25FN2O/c1-12(13-6-8-14(18)9-7-13)11-20-16(21)15-5-3-4-10-17(15,2)19/h6-9,12,15H,3-5,10-11,19H2,1-2H3,(H,20,21). The zero-order valence-electron chi connectivity index (χ0n) is 12.9. The van der Waals surface area contributed by atoms with Crippen molar-refractivity contribution in [1.29, 1.82) is 0 Å². The van der Waals surface area contributed by atoms with E-state index in [1.54, 1.807) is 12.1 Å². The molecular formula is C17H25FN2O. The van der Waals surface area contributed by atoms with Crippen molar-refractivity contribution < 1.29 is 9.18 Å². The van der Waals surface area contributed by atoms with Gasteiger partial charge in [-0.15, -0.1) is 0 Å². The van der Waals surface area contributed by atoms with E-state index in [2.05, 4.69) is 5.32 Å². The molecule has 1 aromatic carbocycles. The van der Waals surface area contributed by atoms with Gasteiger partial charge < -0.3 is 11.1 Å². The number of carbonyl (C=O) groups excluding carboxylic acids is 1. The lowest BCUT2D eigenvalue weighted by Crippen LogP contribution is -2.53. The van der Waals surface area contributed by atoms with E-state index in [0.29, 0.717) is 6.54 Å². The fraction of sp³-hybridized carbons (Fsp3) is 0.588. The summed E-state index contributed by atoms with van der Waals surface area (Å²) in [7, 11) is 0. The molecule has 0 aliphatic heterocycles. The van der Waals surface area contributed by atoms with Crippen LogP contribution in [-0.4, -0.2) is 18.0 Å². The van der Waals surface area contributed by atoms with Gasteiger partial charge in [0.15, 0.2) is 0 Å². The van der Waals surface area contributed by atoms with E-state index >= 15 is 0 Å². The molecule has 4 heteroatoms. The van der Waals surface area contributed by atoms with E-state index in [0.717, 1.165) is 31.2 Å². The smallest absolute Gasteiger partial charge is 0.224 e. The second-order valence-electron chi connectivity index (χ2n) is 6.50. The SMILES string of the molecule is CC(CNC(=O)C1CCCCC1(C)N)c1ccc(F)cc1. The molecule has 0 saturated heterocycles. The third-order valence-corrected chi connectivity index (χ3v) is 4.59. The van der Waals surface area contributed by atoms with Gasteiger partial charge in [-0.3, -0.25) is 4.79 Å². The number of hydrogen-bond acceptors (Lipinski definition) is 2. The lowest BCUT2D eigenvalue weighted by atomic mass is 9.74. The largest absolute Gasteiger partial charge is 0.355 e. The van der Waals surface area contributed by atoms with Crippen LogP contribution in [0.2, 0.25) is 0 Å². The Hall–Kier alpha value is -1.42. The highest BCUT2D eigenvalue weighted by Gasteiger charge is 2.37. The van der Waals surface area contributed by atoms with Crippen molar-refractivity contribution in [3.63, 3.8) is 0 Å². The Labute approximate surface area is 126 Å². The summed E-state index contributed by atoms with van der Waals surface area (Å²) in [6, 6.07) is 6.43. The van der Waals surface area contributed by atoms with E-state index in [1.807, 2.05) is 13.8 Å². The van der Waals surface area contributed by atoms with Gasteiger partial charge in [0, 0.05) is 12.1 Å². The van der Waals surface area contributed by atoms with Crippen LogP contribution >= 0.6 is 0 Å². The van der Waals surface area contributed by atoms with Crippen LogP contribution in [0.15, 0.2) is 24.3 Å². The van der Waals surface area contributed by atoms with Gasteiger partial charge in [-0.1, -0.05) is 31.9 Å². The van der Waals surface area contributed by atoms with Gasteiger partial charge in [-0.25, -0.2) is 4.39 Å². The van der Waals surface area contributed by atoms with E-state index in [-0.39, 0.29) is 23.6 Å². The molecule has 0 spiro atoms. The van der Waals surface area contributed by atoms with E-state index < -0.39 is 5.54 Å². The summed E-state index contributed by atoms with van der Waals surface area (Å²) in [6.45, 7) is 4.55. The molecule has 3 unspecified atom stereocenters. The molecule has 2 rings (SSSR count). The van der Waals surface area contributed by atoms with Crippen molar-refractivity contribution in [2.24, 2.45) is 11.7 Å². The zero-order valence-corrected chi connectivity index (χ0v) is 12.9. The number of halogens is 1. The molecule has 1 aliphatic rings. The molecule has 3 N–H and O–H groups in total. The molecule has 0 radical (unpaired) electrons. The predicted octanol–water partition coefficient (Wildman–Crippen LogP) is 2.95. The monoisotopic (exact) mass is 292 g/mol. The Morgan fingerprint density at radius 2 is 2.10 bits per heavy atom. The number of nitrogens with one attached hydrogen (secondary N) is 1. The van der Waals surface area contributed by atoms with Crippen LogP contribution in [0.1, 0.15) is 51.0 Å². The van der Waals surface area contributed by atoms with Gasteiger partial charge in [0.05, 0.1) is 5.92 Å². The highest BCUT2D eigenvalue weighted by molar-refractivity contribution is 5.80. The molecule has 0 heterocycles. The summed E-state index contributed by atoms with van der Waals surface area (Å²) in [4.78, 5) is 12.4. The molecule has 116 valence electrons. The van der Waals surface area contributed by atoms with E-state index in [1.165, 1.54) is 12.1 Å². The Bertz CT molecular complexity index is 484. The van der Waals surface area contributed by atoms with Crippen molar-refractivity contribution >= 4 is 5.91 Å². The van der Waals surface area contributed by atoms with Gasteiger partial charge in [0.2, 0.25) is 5.91 Å².